The van der Waals surface area contributed by atoms with Crippen molar-refractivity contribution in [3.63, 3.8) is 0 Å². The van der Waals surface area contributed by atoms with Gasteiger partial charge in [-0.25, -0.2) is 0 Å². The fraction of sp³-hybridized carbons (Fsp3) is 0.389. The first-order valence-corrected chi connectivity index (χ1v) is 8.09. The molecule has 3 rings (SSSR count). The second-order valence-electron chi connectivity index (χ2n) is 5.53. The van der Waals surface area contributed by atoms with Crippen molar-refractivity contribution in [2.75, 3.05) is 33.9 Å². The molecule has 0 spiro atoms. The first kappa shape index (κ1) is 23.0. The summed E-state index contributed by atoms with van der Waals surface area (Å²) in [4.78, 5) is 3.78. The Kier molecular flexibility index (Phi) is 9.34. The van der Waals surface area contributed by atoms with Gasteiger partial charge in [0.15, 0.2) is 0 Å². The zero-order valence-electron chi connectivity index (χ0n) is 15.0. The molecule has 5 nitrogen and oxygen atoms in total. The van der Waals surface area contributed by atoms with Crippen molar-refractivity contribution >= 4 is 12.4 Å². The summed E-state index contributed by atoms with van der Waals surface area (Å²) < 4.78 is 48.9. The number of benzene rings is 1. The van der Waals surface area contributed by atoms with E-state index in [4.69, 9.17) is 9.47 Å². The Morgan fingerprint density at radius 3 is 2.07 bits per heavy atom. The van der Waals surface area contributed by atoms with Crippen LogP contribution in [-0.2, 0) is 6.18 Å². The highest BCUT2D eigenvalue weighted by atomic mass is 35.5. The van der Waals surface area contributed by atoms with Crippen LogP contribution in [-0.4, -0.2) is 38.8 Å². The normalized spacial score (nSPS) is 16.4. The number of alkyl halides is 3. The van der Waals surface area contributed by atoms with Crippen LogP contribution in [0, 0.1) is 0 Å². The minimum atomic E-state index is -4.48. The van der Waals surface area contributed by atoms with Gasteiger partial charge < -0.3 is 20.1 Å². The lowest BCUT2D eigenvalue weighted by Crippen LogP contribution is -2.42. The van der Waals surface area contributed by atoms with Gasteiger partial charge in [-0.3, -0.25) is 4.98 Å². The first-order valence-electron chi connectivity index (χ1n) is 8.09. The van der Waals surface area contributed by atoms with Crippen LogP contribution in [0.15, 0.2) is 42.7 Å². The molecule has 1 saturated heterocycles. The highest BCUT2D eigenvalue weighted by Gasteiger charge is 2.36. The van der Waals surface area contributed by atoms with Crippen molar-refractivity contribution in [1.29, 1.82) is 0 Å². The Hall–Kier alpha value is -2.03. The summed E-state index contributed by atoms with van der Waals surface area (Å²) in [7, 11) is 2.59. The monoisotopic (exact) mass is 405 g/mol. The molecule has 1 aromatic carbocycles. The van der Waals surface area contributed by atoms with Gasteiger partial charge in [-0.15, -0.1) is 12.4 Å². The summed E-state index contributed by atoms with van der Waals surface area (Å²) in [5.41, 5.74) is -0.172. The molecule has 2 N–H and O–H groups in total. The topological polar surface area (TPSA) is 55.4 Å². The molecule has 2 heterocycles. The van der Waals surface area contributed by atoms with E-state index in [0.29, 0.717) is 12.1 Å². The second kappa shape index (κ2) is 11.0. The molecule has 9 heteroatoms. The summed E-state index contributed by atoms with van der Waals surface area (Å²) in [5.74, 6) is 0.0139. The molecule has 1 aromatic heterocycles. The molecule has 2 aromatic rings. The van der Waals surface area contributed by atoms with Crippen LogP contribution in [0.2, 0.25) is 0 Å². The molecular formula is C18H23ClF3N3O2. The van der Waals surface area contributed by atoms with E-state index in [-0.39, 0.29) is 29.9 Å². The maximum absolute atomic E-state index is 13.0. The number of nitrogens with one attached hydrogen (secondary N) is 2. The smallest absolute Gasteiger partial charge is 0.420 e. The summed E-state index contributed by atoms with van der Waals surface area (Å²) >= 11 is 0. The van der Waals surface area contributed by atoms with E-state index in [1.54, 1.807) is 12.4 Å². The average Bonchev–Trinajstić information content (AvgIpc) is 2.68. The third kappa shape index (κ3) is 6.57. The second-order valence-corrected chi connectivity index (χ2v) is 5.53. The zero-order valence-corrected chi connectivity index (χ0v) is 15.9. The summed E-state index contributed by atoms with van der Waals surface area (Å²) in [6.07, 6.45) is -0.977. The number of rotatable bonds is 3. The largest absolute Gasteiger partial charge is 0.496 e. The summed E-state index contributed by atoms with van der Waals surface area (Å²) in [6.45, 7) is 2.21. The van der Waals surface area contributed by atoms with Crippen LogP contribution in [0.25, 0.3) is 0 Å². The van der Waals surface area contributed by atoms with Gasteiger partial charge in [0.1, 0.15) is 17.1 Å². The van der Waals surface area contributed by atoms with E-state index >= 15 is 0 Å². The van der Waals surface area contributed by atoms with E-state index in [0.717, 1.165) is 19.2 Å². The number of methoxy groups -OCH3 is 2. The zero-order chi connectivity index (χ0) is 19.0. The van der Waals surface area contributed by atoms with Gasteiger partial charge in [-0.1, -0.05) is 6.07 Å². The predicted octanol–water partition coefficient (Wildman–Crippen LogP) is 3.46. The molecule has 0 amide bonds. The number of piperazine rings is 1. The lowest BCUT2D eigenvalue weighted by molar-refractivity contribution is -0.138. The molecule has 0 aliphatic carbocycles. The number of pyridine rings is 1. The molecule has 1 unspecified atom stereocenters. The Labute approximate surface area is 162 Å². The number of ether oxygens (including phenoxy) is 2. The highest BCUT2D eigenvalue weighted by molar-refractivity contribution is 5.85. The van der Waals surface area contributed by atoms with E-state index < -0.39 is 11.7 Å². The van der Waals surface area contributed by atoms with Gasteiger partial charge in [0, 0.05) is 43.6 Å². The van der Waals surface area contributed by atoms with Crippen molar-refractivity contribution < 1.29 is 22.6 Å². The minimum absolute atomic E-state index is 0. The third-order valence-corrected chi connectivity index (χ3v) is 3.84. The lowest BCUT2D eigenvalue weighted by Gasteiger charge is -2.27. The summed E-state index contributed by atoms with van der Waals surface area (Å²) in [5, 5.41) is 6.43. The molecule has 0 saturated carbocycles. The molecular weight excluding hydrogens is 383 g/mol. The number of aromatic nitrogens is 1. The van der Waals surface area contributed by atoms with Crippen LogP contribution in [0.4, 0.5) is 13.2 Å². The number of halogens is 4. The number of nitrogens with zero attached hydrogens (tertiary/aromatic N) is 1. The molecule has 27 heavy (non-hydrogen) atoms. The molecule has 1 atom stereocenters. The molecule has 0 radical (unpaired) electrons. The van der Waals surface area contributed by atoms with E-state index in [2.05, 4.69) is 15.6 Å². The van der Waals surface area contributed by atoms with Gasteiger partial charge in [-0.05, 0) is 24.3 Å². The molecule has 1 aliphatic rings. The van der Waals surface area contributed by atoms with E-state index in [9.17, 15) is 13.2 Å². The van der Waals surface area contributed by atoms with Gasteiger partial charge in [-0.2, -0.15) is 13.2 Å². The first-order chi connectivity index (χ1) is 12.5. The maximum Gasteiger partial charge on any atom is 0.420 e. The van der Waals surface area contributed by atoms with Crippen LogP contribution < -0.4 is 20.1 Å². The quantitative estimate of drug-likeness (QED) is 0.819. The van der Waals surface area contributed by atoms with Crippen LogP contribution in [0.3, 0.4) is 0 Å². The Bertz CT molecular complexity index is 655. The van der Waals surface area contributed by atoms with Gasteiger partial charge in [0.25, 0.3) is 0 Å². The van der Waals surface area contributed by atoms with Crippen molar-refractivity contribution in [2.24, 2.45) is 0 Å². The van der Waals surface area contributed by atoms with Crippen molar-refractivity contribution in [3.05, 3.63) is 53.9 Å². The molecule has 150 valence electrons. The fourth-order valence-corrected chi connectivity index (χ4v) is 2.60. The van der Waals surface area contributed by atoms with Gasteiger partial charge in [0.05, 0.1) is 14.2 Å². The fourth-order valence-electron chi connectivity index (χ4n) is 2.60. The summed E-state index contributed by atoms with van der Waals surface area (Å²) in [6, 6.07) is 8.00. The van der Waals surface area contributed by atoms with Crippen LogP contribution in [0.1, 0.15) is 17.2 Å². The van der Waals surface area contributed by atoms with E-state index in [1.807, 2.05) is 18.2 Å². The average molecular weight is 406 g/mol. The van der Waals surface area contributed by atoms with Crippen LogP contribution in [0.5, 0.6) is 11.5 Å². The Balaban J connectivity index is 0.000000444. The number of hydrogen-bond acceptors (Lipinski definition) is 5. The highest BCUT2D eigenvalue weighted by Crippen LogP contribution is 2.41. The predicted molar refractivity (Wildman–Crippen MR) is 99.6 cm³/mol. The number of hydrogen-bond donors (Lipinski definition) is 2. The third-order valence-electron chi connectivity index (χ3n) is 3.84. The van der Waals surface area contributed by atoms with Crippen molar-refractivity contribution in [2.45, 2.75) is 12.2 Å². The Morgan fingerprint density at radius 1 is 1.00 bits per heavy atom. The minimum Gasteiger partial charge on any atom is -0.496 e. The van der Waals surface area contributed by atoms with Crippen molar-refractivity contribution in [3.8, 4) is 11.5 Å². The SMILES string of the molecule is COc1cc(C(F)(F)F)c(OC)cc1C1CNCCN1.Cl.c1ccncc1. The standard InChI is InChI=1S/C13H17F3N2O2.C5H5N.ClH/c1-19-11-6-9(13(14,15)16)12(20-2)5-8(11)10-7-17-3-4-18-10;1-2-4-6-5-3-1;/h5-6,10,17-18H,3-4,7H2,1-2H3;1-5H;1H. The molecule has 0 bridgehead atoms. The van der Waals surface area contributed by atoms with Gasteiger partial charge in [0.2, 0.25) is 0 Å². The van der Waals surface area contributed by atoms with Crippen molar-refractivity contribution in [1.82, 2.24) is 15.6 Å². The van der Waals surface area contributed by atoms with Gasteiger partial charge >= 0.3 is 6.18 Å². The van der Waals surface area contributed by atoms with E-state index in [1.165, 1.54) is 20.3 Å². The lowest BCUT2D eigenvalue weighted by atomic mass is 10.0. The Morgan fingerprint density at radius 2 is 1.67 bits per heavy atom. The van der Waals surface area contributed by atoms with Crippen LogP contribution >= 0.6 is 12.4 Å². The molecule has 1 fully saturated rings. The molecule has 1 aliphatic heterocycles. The maximum atomic E-state index is 13.0.